The lowest BCUT2D eigenvalue weighted by atomic mass is 10.2. The first-order valence-electron chi connectivity index (χ1n) is 8.76. The molecule has 0 saturated heterocycles. The van der Waals surface area contributed by atoms with Crippen LogP contribution in [0.4, 0.5) is 15.8 Å². The zero-order valence-electron chi connectivity index (χ0n) is 15.8. The van der Waals surface area contributed by atoms with Crippen LogP contribution in [-0.4, -0.2) is 20.9 Å². The Hall–Kier alpha value is -2.61. The van der Waals surface area contributed by atoms with Crippen molar-refractivity contribution in [1.29, 1.82) is 0 Å². The first-order chi connectivity index (χ1) is 14.1. The molecule has 0 aliphatic heterocycles. The topological polar surface area (TPSA) is 66.5 Å². The maximum Gasteiger partial charge on any atom is 0.264 e. The fourth-order valence-corrected chi connectivity index (χ4v) is 4.66. The predicted octanol–water partition coefficient (Wildman–Crippen LogP) is 5.27. The molecule has 0 fully saturated rings. The number of carbonyl (C=O) groups excluding carboxylic acids is 1. The summed E-state index contributed by atoms with van der Waals surface area (Å²) in [6.07, 6.45) is 0. The fraction of sp³-hybridized carbons (Fsp3) is 0.0952. The second-order valence-electron chi connectivity index (χ2n) is 6.51. The van der Waals surface area contributed by atoms with E-state index >= 15 is 0 Å². The summed E-state index contributed by atoms with van der Waals surface area (Å²) in [6.45, 7) is 1.35. The Morgan fingerprint density at radius 3 is 2.10 bits per heavy atom. The molecule has 3 aromatic carbocycles. The monoisotopic (exact) mass is 466 g/mol. The Morgan fingerprint density at radius 2 is 1.53 bits per heavy atom. The molecule has 30 heavy (non-hydrogen) atoms. The van der Waals surface area contributed by atoms with Crippen molar-refractivity contribution in [2.45, 2.75) is 11.8 Å². The van der Waals surface area contributed by atoms with E-state index in [1.165, 1.54) is 18.2 Å². The molecule has 0 radical (unpaired) electrons. The van der Waals surface area contributed by atoms with Crippen LogP contribution in [0.25, 0.3) is 0 Å². The number of benzene rings is 3. The van der Waals surface area contributed by atoms with Crippen molar-refractivity contribution >= 4 is 50.5 Å². The molecule has 0 saturated carbocycles. The summed E-state index contributed by atoms with van der Waals surface area (Å²) in [6, 6.07) is 15.6. The summed E-state index contributed by atoms with van der Waals surface area (Å²) in [5, 5.41) is 3.25. The quantitative estimate of drug-likeness (QED) is 0.537. The van der Waals surface area contributed by atoms with Crippen molar-refractivity contribution in [3.63, 3.8) is 0 Å². The van der Waals surface area contributed by atoms with E-state index in [0.717, 1.165) is 34.1 Å². The zero-order chi connectivity index (χ0) is 21.9. The molecule has 0 aromatic heterocycles. The number of sulfonamides is 1. The molecule has 0 aliphatic carbocycles. The highest BCUT2D eigenvalue weighted by molar-refractivity contribution is 7.92. The van der Waals surface area contributed by atoms with Crippen LogP contribution in [0, 0.1) is 12.7 Å². The Balaban J connectivity index is 1.94. The minimum Gasteiger partial charge on any atom is -0.324 e. The molecule has 3 aromatic rings. The molecule has 5 nitrogen and oxygen atoms in total. The van der Waals surface area contributed by atoms with Crippen molar-refractivity contribution in [1.82, 2.24) is 0 Å². The minimum atomic E-state index is -4.13. The minimum absolute atomic E-state index is 0.136. The molecule has 0 atom stereocenters. The van der Waals surface area contributed by atoms with Crippen molar-refractivity contribution in [3.8, 4) is 0 Å². The van der Waals surface area contributed by atoms with Crippen LogP contribution in [0.3, 0.4) is 0 Å². The van der Waals surface area contributed by atoms with Crippen molar-refractivity contribution in [2.24, 2.45) is 0 Å². The molecule has 0 spiro atoms. The largest absolute Gasteiger partial charge is 0.324 e. The van der Waals surface area contributed by atoms with Gasteiger partial charge in [-0.2, -0.15) is 0 Å². The summed E-state index contributed by atoms with van der Waals surface area (Å²) in [4.78, 5) is 12.5. The summed E-state index contributed by atoms with van der Waals surface area (Å²) in [5.74, 6) is -1.16. The summed E-state index contributed by atoms with van der Waals surface area (Å²) in [5.41, 5.74) is 1.56. The van der Waals surface area contributed by atoms with E-state index < -0.39 is 28.3 Å². The Labute approximate surface area is 184 Å². The lowest BCUT2D eigenvalue weighted by Crippen LogP contribution is -2.38. The lowest BCUT2D eigenvalue weighted by Gasteiger charge is -2.24. The summed E-state index contributed by atoms with van der Waals surface area (Å²) >= 11 is 11.9. The summed E-state index contributed by atoms with van der Waals surface area (Å²) < 4.78 is 40.6. The third-order valence-electron chi connectivity index (χ3n) is 4.16. The smallest absolute Gasteiger partial charge is 0.264 e. The number of halogens is 3. The predicted molar refractivity (Wildman–Crippen MR) is 117 cm³/mol. The number of amides is 1. The molecular formula is C21H17Cl2FN2O3S. The summed E-state index contributed by atoms with van der Waals surface area (Å²) in [7, 11) is -4.13. The molecule has 0 heterocycles. The molecule has 0 unspecified atom stereocenters. The maximum absolute atomic E-state index is 13.3. The molecule has 156 valence electrons. The first-order valence-corrected chi connectivity index (χ1v) is 11.0. The first kappa shape index (κ1) is 22.1. The van der Waals surface area contributed by atoms with E-state index in [-0.39, 0.29) is 4.90 Å². The van der Waals surface area contributed by atoms with Gasteiger partial charge in [0.15, 0.2) is 0 Å². The van der Waals surface area contributed by atoms with Crippen LogP contribution in [0.2, 0.25) is 10.0 Å². The van der Waals surface area contributed by atoms with Gasteiger partial charge in [-0.05, 0) is 61.5 Å². The molecular weight excluding hydrogens is 450 g/mol. The standard InChI is InChI=1S/C21H17Cl2FN2O3S/c1-14-2-6-19(7-3-14)26(30(28,29)20-8-4-17(24)5-9-20)13-21(27)25-18-11-15(22)10-16(23)12-18/h2-12H,13H2,1H3,(H,25,27). The van der Waals surface area contributed by atoms with Crippen molar-refractivity contribution in [2.75, 3.05) is 16.2 Å². The van der Waals surface area contributed by atoms with Gasteiger partial charge in [0.25, 0.3) is 10.0 Å². The zero-order valence-corrected chi connectivity index (χ0v) is 18.1. The average Bonchev–Trinajstić information content (AvgIpc) is 2.66. The highest BCUT2D eigenvalue weighted by atomic mass is 35.5. The van der Waals surface area contributed by atoms with Gasteiger partial charge in [-0.15, -0.1) is 0 Å². The van der Waals surface area contributed by atoms with Crippen LogP contribution in [0.5, 0.6) is 0 Å². The van der Waals surface area contributed by atoms with Gasteiger partial charge in [-0.25, -0.2) is 12.8 Å². The molecule has 0 bridgehead atoms. The van der Waals surface area contributed by atoms with Gasteiger partial charge < -0.3 is 5.32 Å². The van der Waals surface area contributed by atoms with Gasteiger partial charge in [-0.3, -0.25) is 9.10 Å². The van der Waals surface area contributed by atoms with E-state index in [4.69, 9.17) is 23.2 Å². The highest BCUT2D eigenvalue weighted by Gasteiger charge is 2.27. The number of aryl methyl sites for hydroxylation is 1. The highest BCUT2D eigenvalue weighted by Crippen LogP contribution is 2.26. The number of carbonyl (C=O) groups is 1. The van der Waals surface area contributed by atoms with Gasteiger partial charge in [0.2, 0.25) is 5.91 Å². The Morgan fingerprint density at radius 1 is 0.967 bits per heavy atom. The van der Waals surface area contributed by atoms with Gasteiger partial charge in [-0.1, -0.05) is 40.9 Å². The molecule has 1 amide bonds. The third kappa shape index (κ3) is 5.30. The van der Waals surface area contributed by atoms with Gasteiger partial charge in [0.05, 0.1) is 10.6 Å². The average molecular weight is 467 g/mol. The molecule has 1 N–H and O–H groups in total. The Kier molecular flexibility index (Phi) is 6.65. The second kappa shape index (κ2) is 9.04. The van der Waals surface area contributed by atoms with Gasteiger partial charge >= 0.3 is 0 Å². The van der Waals surface area contributed by atoms with E-state index in [2.05, 4.69) is 5.32 Å². The van der Waals surface area contributed by atoms with Crippen LogP contribution >= 0.6 is 23.2 Å². The van der Waals surface area contributed by atoms with Gasteiger partial charge in [0.1, 0.15) is 12.4 Å². The molecule has 9 heteroatoms. The number of rotatable bonds is 6. The number of hydrogen-bond donors (Lipinski definition) is 1. The maximum atomic E-state index is 13.3. The van der Waals surface area contributed by atoms with Crippen LogP contribution in [0.1, 0.15) is 5.56 Å². The molecule has 0 aliphatic rings. The fourth-order valence-electron chi connectivity index (χ4n) is 2.72. The van der Waals surface area contributed by atoms with E-state index in [9.17, 15) is 17.6 Å². The normalized spacial score (nSPS) is 11.2. The van der Waals surface area contributed by atoms with Crippen LogP contribution in [-0.2, 0) is 14.8 Å². The van der Waals surface area contributed by atoms with E-state index in [1.54, 1.807) is 24.3 Å². The SMILES string of the molecule is Cc1ccc(N(CC(=O)Nc2cc(Cl)cc(Cl)c2)S(=O)(=O)c2ccc(F)cc2)cc1. The number of anilines is 2. The van der Waals surface area contributed by atoms with Crippen LogP contribution < -0.4 is 9.62 Å². The number of nitrogens with zero attached hydrogens (tertiary/aromatic N) is 1. The van der Waals surface area contributed by atoms with Crippen molar-refractivity contribution in [3.05, 3.63) is 88.2 Å². The number of nitrogens with one attached hydrogen (secondary N) is 1. The van der Waals surface area contributed by atoms with Crippen LogP contribution in [0.15, 0.2) is 71.6 Å². The Bertz CT molecular complexity index is 1150. The molecule has 3 rings (SSSR count). The lowest BCUT2D eigenvalue weighted by molar-refractivity contribution is -0.114. The second-order valence-corrected chi connectivity index (χ2v) is 9.24. The number of hydrogen-bond acceptors (Lipinski definition) is 3. The van der Waals surface area contributed by atoms with E-state index in [0.29, 0.717) is 21.4 Å². The van der Waals surface area contributed by atoms with Gasteiger partial charge in [0, 0.05) is 15.7 Å². The third-order valence-corrected chi connectivity index (χ3v) is 6.38. The van der Waals surface area contributed by atoms with Crippen molar-refractivity contribution < 1.29 is 17.6 Å². The van der Waals surface area contributed by atoms with E-state index in [1.807, 2.05) is 6.92 Å².